The van der Waals surface area contributed by atoms with E-state index in [-0.39, 0.29) is 0 Å². The average molecular weight is 289 g/mol. The van der Waals surface area contributed by atoms with Crippen molar-refractivity contribution in [2.24, 2.45) is 5.92 Å². The largest absolute Gasteiger partial charge is 0.380 e. The van der Waals surface area contributed by atoms with E-state index >= 15 is 0 Å². The third-order valence-electron chi connectivity index (χ3n) is 5.23. The molecule has 4 nitrogen and oxygen atoms in total. The van der Waals surface area contributed by atoms with Crippen LogP contribution in [0.5, 0.6) is 0 Å². The summed E-state index contributed by atoms with van der Waals surface area (Å²) in [7, 11) is 0. The molecule has 2 fully saturated rings. The number of nitrogens with zero attached hydrogens (tertiary/aromatic N) is 2. The Morgan fingerprint density at radius 1 is 1.14 bits per heavy atom. The molecule has 0 spiro atoms. The van der Waals surface area contributed by atoms with Crippen LogP contribution in [-0.2, 0) is 17.6 Å². The summed E-state index contributed by atoms with van der Waals surface area (Å²) in [5, 5.41) is 0. The normalized spacial score (nSPS) is 26.2. The monoisotopic (exact) mass is 289 g/mol. The molecule has 116 valence electrons. The molecule has 4 rings (SSSR count). The Morgan fingerprint density at radius 2 is 2.05 bits per heavy atom. The molecule has 0 aromatic carbocycles. The minimum atomic E-state index is 0.500. The Hall–Kier alpha value is -0.870. The van der Waals surface area contributed by atoms with Crippen LogP contribution in [0, 0.1) is 5.92 Å². The number of aryl methyl sites for hydroxylation is 2. The summed E-state index contributed by atoms with van der Waals surface area (Å²) in [6.45, 7) is 4.12. The van der Waals surface area contributed by atoms with Crippen molar-refractivity contribution in [3.8, 4) is 0 Å². The molecule has 2 aliphatic carbocycles. The smallest absolute Gasteiger partial charge is 0.124 e. The number of fused-ring (bicyclic) bond motifs is 1. The standard InChI is InChI=1S/C17H27N3O/c1-2-5-15-14(4-1)18-17(19-15)16-6-3-9-20(16)10-11-21-12-13-7-8-13/h13,16H,1-12H2,(H,18,19)/t16-/m1/s1. The number of imidazole rings is 1. The molecule has 1 aromatic rings. The van der Waals surface area contributed by atoms with Crippen molar-refractivity contribution in [1.29, 1.82) is 0 Å². The van der Waals surface area contributed by atoms with E-state index in [9.17, 15) is 0 Å². The van der Waals surface area contributed by atoms with Crippen LogP contribution in [0.15, 0.2) is 0 Å². The van der Waals surface area contributed by atoms with E-state index in [1.807, 2.05) is 0 Å². The van der Waals surface area contributed by atoms with Gasteiger partial charge < -0.3 is 9.72 Å². The molecule has 1 atom stereocenters. The predicted octanol–water partition coefficient (Wildman–Crippen LogP) is 2.85. The quantitative estimate of drug-likeness (QED) is 0.819. The number of ether oxygens (including phenoxy) is 1. The van der Waals surface area contributed by atoms with Gasteiger partial charge in [0, 0.05) is 18.8 Å². The maximum absolute atomic E-state index is 5.81. The molecule has 4 heteroatoms. The van der Waals surface area contributed by atoms with E-state index in [0.717, 1.165) is 25.7 Å². The Labute approximate surface area is 127 Å². The van der Waals surface area contributed by atoms with Gasteiger partial charge in [0.25, 0.3) is 0 Å². The zero-order valence-electron chi connectivity index (χ0n) is 12.9. The van der Waals surface area contributed by atoms with Crippen LogP contribution in [0.3, 0.4) is 0 Å². The Kier molecular flexibility index (Phi) is 3.99. The Balaban J connectivity index is 1.35. The number of rotatable bonds is 6. The topological polar surface area (TPSA) is 41.2 Å². The lowest BCUT2D eigenvalue weighted by Gasteiger charge is -2.22. The molecule has 0 amide bonds. The van der Waals surface area contributed by atoms with Gasteiger partial charge in [-0.25, -0.2) is 4.98 Å². The average Bonchev–Trinajstić information content (AvgIpc) is 3.05. The molecule has 1 N–H and O–H groups in total. The van der Waals surface area contributed by atoms with Crippen LogP contribution < -0.4 is 0 Å². The highest BCUT2D eigenvalue weighted by Gasteiger charge is 2.29. The molecule has 1 saturated heterocycles. The van der Waals surface area contributed by atoms with E-state index in [2.05, 4.69) is 9.88 Å². The van der Waals surface area contributed by atoms with Crippen molar-refractivity contribution >= 4 is 0 Å². The summed E-state index contributed by atoms with van der Waals surface area (Å²) in [5.74, 6) is 2.10. The lowest BCUT2D eigenvalue weighted by atomic mass is 10.0. The van der Waals surface area contributed by atoms with Crippen molar-refractivity contribution < 1.29 is 4.74 Å². The van der Waals surface area contributed by atoms with Gasteiger partial charge in [-0.1, -0.05) is 0 Å². The third kappa shape index (κ3) is 3.16. The van der Waals surface area contributed by atoms with Gasteiger partial charge >= 0.3 is 0 Å². The number of likely N-dealkylation sites (tertiary alicyclic amines) is 1. The first-order valence-corrected chi connectivity index (χ1v) is 8.79. The summed E-state index contributed by atoms with van der Waals surface area (Å²) in [6, 6.07) is 0.500. The van der Waals surface area contributed by atoms with Gasteiger partial charge in [-0.05, 0) is 63.8 Å². The van der Waals surface area contributed by atoms with Crippen LogP contribution in [0.2, 0.25) is 0 Å². The molecule has 0 bridgehead atoms. The van der Waals surface area contributed by atoms with Gasteiger partial charge in [-0.2, -0.15) is 0 Å². The fraction of sp³-hybridized carbons (Fsp3) is 0.824. The van der Waals surface area contributed by atoms with Crippen molar-refractivity contribution in [3.05, 3.63) is 17.2 Å². The summed E-state index contributed by atoms with van der Waals surface area (Å²) in [5.41, 5.74) is 2.75. The summed E-state index contributed by atoms with van der Waals surface area (Å²) >= 11 is 0. The fourth-order valence-corrected chi connectivity index (χ4v) is 3.75. The number of aromatic amines is 1. The molecule has 1 aliphatic heterocycles. The highest BCUT2D eigenvalue weighted by atomic mass is 16.5. The molecule has 0 unspecified atom stereocenters. The van der Waals surface area contributed by atoms with Crippen molar-refractivity contribution in [2.45, 2.75) is 57.4 Å². The first-order chi connectivity index (χ1) is 10.4. The van der Waals surface area contributed by atoms with Crippen molar-refractivity contribution in [1.82, 2.24) is 14.9 Å². The molecule has 0 radical (unpaired) electrons. The fourth-order valence-electron chi connectivity index (χ4n) is 3.75. The highest BCUT2D eigenvalue weighted by Crippen LogP contribution is 2.32. The second kappa shape index (κ2) is 6.09. The predicted molar refractivity (Wildman–Crippen MR) is 82.3 cm³/mol. The molecule has 3 aliphatic rings. The SMILES string of the molecule is C1CCc2[nH]c([C@H]3CCCN3CCOCC3CC3)nc2C1. The molecule has 1 aromatic heterocycles. The van der Waals surface area contributed by atoms with Crippen LogP contribution in [0.25, 0.3) is 0 Å². The zero-order valence-corrected chi connectivity index (χ0v) is 12.9. The number of hydrogen-bond acceptors (Lipinski definition) is 3. The number of nitrogens with one attached hydrogen (secondary N) is 1. The second-order valence-electron chi connectivity index (χ2n) is 6.97. The third-order valence-corrected chi connectivity index (χ3v) is 5.23. The maximum atomic E-state index is 5.81. The molecule has 21 heavy (non-hydrogen) atoms. The molecular weight excluding hydrogens is 262 g/mol. The molecular formula is C17H27N3O. The minimum absolute atomic E-state index is 0.500. The van der Waals surface area contributed by atoms with Gasteiger partial charge in [-0.15, -0.1) is 0 Å². The maximum Gasteiger partial charge on any atom is 0.124 e. The number of H-pyrrole nitrogens is 1. The van der Waals surface area contributed by atoms with E-state index in [4.69, 9.17) is 9.72 Å². The van der Waals surface area contributed by atoms with E-state index < -0.39 is 0 Å². The van der Waals surface area contributed by atoms with E-state index in [1.165, 1.54) is 75.1 Å². The zero-order chi connectivity index (χ0) is 14.1. The lowest BCUT2D eigenvalue weighted by molar-refractivity contribution is 0.0913. The Morgan fingerprint density at radius 3 is 2.90 bits per heavy atom. The summed E-state index contributed by atoms with van der Waals surface area (Å²) < 4.78 is 5.81. The van der Waals surface area contributed by atoms with E-state index in [0.29, 0.717) is 6.04 Å². The minimum Gasteiger partial charge on any atom is -0.380 e. The van der Waals surface area contributed by atoms with Gasteiger partial charge in [0.2, 0.25) is 0 Å². The molecule has 2 heterocycles. The van der Waals surface area contributed by atoms with Crippen molar-refractivity contribution in [3.63, 3.8) is 0 Å². The number of hydrogen-bond donors (Lipinski definition) is 1. The Bertz CT molecular complexity index is 457. The first-order valence-electron chi connectivity index (χ1n) is 8.79. The van der Waals surface area contributed by atoms with Crippen LogP contribution in [0.4, 0.5) is 0 Å². The summed E-state index contributed by atoms with van der Waals surface area (Å²) in [4.78, 5) is 11.1. The van der Waals surface area contributed by atoms with Crippen LogP contribution >= 0.6 is 0 Å². The first kappa shape index (κ1) is 13.8. The molecule has 1 saturated carbocycles. The van der Waals surface area contributed by atoms with E-state index in [1.54, 1.807) is 0 Å². The van der Waals surface area contributed by atoms with Gasteiger partial charge in [0.1, 0.15) is 5.82 Å². The summed E-state index contributed by atoms with van der Waals surface area (Å²) in [6.07, 6.45) is 10.3. The second-order valence-corrected chi connectivity index (χ2v) is 6.97. The van der Waals surface area contributed by atoms with Gasteiger partial charge in [0.15, 0.2) is 0 Å². The van der Waals surface area contributed by atoms with Crippen LogP contribution in [0.1, 0.15) is 61.8 Å². The van der Waals surface area contributed by atoms with Crippen molar-refractivity contribution in [2.75, 3.05) is 26.3 Å². The van der Waals surface area contributed by atoms with Crippen LogP contribution in [-0.4, -0.2) is 41.2 Å². The highest BCUT2D eigenvalue weighted by molar-refractivity contribution is 5.19. The van der Waals surface area contributed by atoms with Gasteiger partial charge in [-0.3, -0.25) is 4.90 Å². The van der Waals surface area contributed by atoms with Gasteiger partial charge in [0.05, 0.1) is 18.3 Å². The lowest BCUT2D eigenvalue weighted by Crippen LogP contribution is -2.28. The number of aromatic nitrogens is 2.